The number of rotatable bonds is 8. The van der Waals surface area contributed by atoms with Gasteiger partial charge in [0, 0.05) is 55.2 Å². The lowest BCUT2D eigenvalue weighted by Gasteiger charge is -2.14. The number of hydrogen-bond donors (Lipinski definition) is 0. The molecule has 0 unspecified atom stereocenters. The molecule has 0 saturated carbocycles. The Morgan fingerprint density at radius 1 is 0.309 bits per heavy atom. The van der Waals surface area contributed by atoms with Crippen LogP contribution in [0.2, 0.25) is 0 Å². The van der Waals surface area contributed by atoms with Gasteiger partial charge < -0.3 is 4.57 Å². The molecule has 0 N–H and O–H groups in total. The number of aromatic nitrogens is 6. The highest BCUT2D eigenvalue weighted by Crippen LogP contribution is 2.43. The summed E-state index contributed by atoms with van der Waals surface area (Å²) in [6.45, 7) is 0. The summed E-state index contributed by atoms with van der Waals surface area (Å²) in [5, 5.41) is 10.1. The Labute approximate surface area is 392 Å². The van der Waals surface area contributed by atoms with Crippen LogP contribution < -0.4 is 0 Å². The van der Waals surface area contributed by atoms with Crippen molar-refractivity contribution in [3.8, 4) is 84.6 Å². The number of benzene rings is 9. The van der Waals surface area contributed by atoms with Crippen molar-refractivity contribution in [1.82, 2.24) is 29.1 Å². The van der Waals surface area contributed by atoms with Gasteiger partial charge in [-0.1, -0.05) is 194 Å². The molecule has 4 heterocycles. The topological polar surface area (TPSA) is 60.9 Å². The van der Waals surface area contributed by atoms with E-state index in [1.165, 1.54) is 21.8 Å². The molecule has 0 amide bonds. The monoisotopic (exact) mass is 868 g/mol. The van der Waals surface area contributed by atoms with Crippen LogP contribution in [-0.2, 0) is 0 Å². The minimum Gasteiger partial charge on any atom is -0.309 e. The second-order valence-electron chi connectivity index (χ2n) is 17.0. The van der Waals surface area contributed by atoms with Crippen molar-refractivity contribution in [3.63, 3.8) is 0 Å². The van der Waals surface area contributed by atoms with Gasteiger partial charge in [0.05, 0.1) is 22.2 Å². The Balaban J connectivity index is 0.976. The van der Waals surface area contributed by atoms with Gasteiger partial charge in [-0.15, -0.1) is 0 Å². The summed E-state index contributed by atoms with van der Waals surface area (Å²) in [5.41, 5.74) is 15.7. The summed E-state index contributed by atoms with van der Waals surface area (Å²) in [4.78, 5) is 15.5. The van der Waals surface area contributed by atoms with E-state index in [1.807, 2.05) is 18.2 Å². The number of nitrogens with zero attached hydrogens (tertiary/aromatic N) is 6. The molecule has 0 spiro atoms. The van der Waals surface area contributed by atoms with E-state index in [0.29, 0.717) is 17.5 Å². The summed E-state index contributed by atoms with van der Waals surface area (Å²) in [6.07, 6.45) is 0. The first kappa shape index (κ1) is 39.1. The van der Waals surface area contributed by atoms with Gasteiger partial charge in [0.15, 0.2) is 17.5 Å². The van der Waals surface area contributed by atoms with Gasteiger partial charge in [-0.2, -0.15) is 5.10 Å². The Morgan fingerprint density at radius 2 is 0.779 bits per heavy atom. The van der Waals surface area contributed by atoms with Gasteiger partial charge in [0.25, 0.3) is 0 Å². The van der Waals surface area contributed by atoms with Crippen molar-refractivity contribution in [2.45, 2.75) is 0 Å². The number of fused-ring (bicyclic) bond motifs is 6. The van der Waals surface area contributed by atoms with Crippen molar-refractivity contribution in [2.75, 3.05) is 0 Å². The number of hydrogen-bond acceptors (Lipinski definition) is 4. The average molecular weight is 869 g/mol. The van der Waals surface area contributed by atoms with Crippen molar-refractivity contribution >= 4 is 38.1 Å². The molecule has 318 valence electrons. The lowest BCUT2D eigenvalue weighted by Crippen LogP contribution is -2.01. The molecule has 0 atom stereocenters. The zero-order valence-corrected chi connectivity index (χ0v) is 36.8. The van der Waals surface area contributed by atoms with E-state index >= 15 is 0 Å². The van der Waals surface area contributed by atoms with Crippen LogP contribution in [-0.4, -0.2) is 29.1 Å². The molecule has 6 nitrogen and oxygen atoms in total. The molecular formula is C62H40N6. The van der Waals surface area contributed by atoms with Crippen LogP contribution in [0, 0.1) is 0 Å². The van der Waals surface area contributed by atoms with E-state index in [-0.39, 0.29) is 0 Å². The zero-order chi connectivity index (χ0) is 45.0. The minimum absolute atomic E-state index is 0.601. The molecule has 68 heavy (non-hydrogen) atoms. The van der Waals surface area contributed by atoms with Crippen molar-refractivity contribution in [1.29, 1.82) is 0 Å². The second-order valence-corrected chi connectivity index (χ2v) is 17.0. The summed E-state index contributed by atoms with van der Waals surface area (Å²) in [7, 11) is 0. The van der Waals surface area contributed by atoms with E-state index in [0.717, 1.165) is 83.4 Å². The normalized spacial score (nSPS) is 11.5. The van der Waals surface area contributed by atoms with Gasteiger partial charge in [-0.05, 0) is 70.6 Å². The first-order valence-corrected chi connectivity index (χ1v) is 22.9. The predicted octanol–water partition coefficient (Wildman–Crippen LogP) is 15.4. The van der Waals surface area contributed by atoms with Crippen LogP contribution in [0.25, 0.3) is 123 Å². The van der Waals surface area contributed by atoms with E-state index in [9.17, 15) is 0 Å². The fourth-order valence-corrected chi connectivity index (χ4v) is 9.85. The van der Waals surface area contributed by atoms with Crippen molar-refractivity contribution < 1.29 is 0 Å². The van der Waals surface area contributed by atoms with E-state index < -0.39 is 0 Å². The number of pyridine rings is 1. The van der Waals surface area contributed by atoms with Gasteiger partial charge >= 0.3 is 0 Å². The van der Waals surface area contributed by atoms with Crippen LogP contribution in [0.5, 0.6) is 0 Å². The van der Waals surface area contributed by atoms with Crippen LogP contribution in [0.15, 0.2) is 243 Å². The van der Waals surface area contributed by atoms with Gasteiger partial charge in [0.1, 0.15) is 5.69 Å². The fourth-order valence-electron chi connectivity index (χ4n) is 9.85. The maximum atomic E-state index is 5.44. The molecule has 4 aromatic heterocycles. The Hall–Kier alpha value is -9.26. The molecule has 0 fully saturated rings. The van der Waals surface area contributed by atoms with Crippen molar-refractivity contribution in [2.24, 2.45) is 0 Å². The summed E-state index contributed by atoms with van der Waals surface area (Å²) >= 11 is 0. The molecule has 0 aliphatic carbocycles. The van der Waals surface area contributed by atoms with Gasteiger partial charge in [0.2, 0.25) is 0 Å². The summed E-state index contributed by atoms with van der Waals surface area (Å²) in [5.74, 6) is 1.83. The molecule has 0 saturated heterocycles. The van der Waals surface area contributed by atoms with Crippen LogP contribution in [0.3, 0.4) is 0 Å². The minimum atomic E-state index is 0.601. The smallest absolute Gasteiger partial charge is 0.164 e. The lowest BCUT2D eigenvalue weighted by atomic mass is 9.93. The molecular weight excluding hydrogens is 829 g/mol. The molecule has 0 aliphatic heterocycles. The molecule has 0 radical (unpaired) electrons. The summed E-state index contributed by atoms with van der Waals surface area (Å²) < 4.78 is 4.47. The molecule has 9 aromatic carbocycles. The predicted molar refractivity (Wildman–Crippen MR) is 278 cm³/mol. The fraction of sp³-hybridized carbons (Fsp3) is 0. The molecule has 13 aromatic rings. The molecule has 0 aliphatic rings. The standard InChI is InChI=1S/C62H40N6/c1-5-19-41(20-6-1)56-40-53-49(31-18-32-52(53)59-57(42-21-7-2-8-22-42)58(66-68(56)59)43-23-9-3-10-24-43)46-27-17-28-47(39-46)62-64-60(44-25-11-4-12-26-44)63-61(65-62)45-35-37-48(38-36-45)67-54-33-15-13-29-50(54)51-30-14-16-34-55(51)67/h1-40H. The van der Waals surface area contributed by atoms with E-state index in [1.54, 1.807) is 0 Å². The van der Waals surface area contributed by atoms with Crippen LogP contribution >= 0.6 is 0 Å². The SMILES string of the molecule is c1ccc(-c2nc(-c3ccc(-n4c5ccccc5c5ccccc54)cc3)nc(-c3cccc(-c4cccc5c4cc(-c4ccccc4)n4nc(-c6ccccc6)c(-c6ccccc6)c54)c3)n2)cc1. The highest BCUT2D eigenvalue weighted by atomic mass is 15.2. The third kappa shape index (κ3) is 6.66. The van der Waals surface area contributed by atoms with Gasteiger partial charge in [-0.3, -0.25) is 0 Å². The largest absolute Gasteiger partial charge is 0.309 e. The Morgan fingerprint density at radius 3 is 1.41 bits per heavy atom. The third-order valence-corrected chi connectivity index (χ3v) is 13.0. The highest BCUT2D eigenvalue weighted by molar-refractivity contribution is 6.13. The van der Waals surface area contributed by atoms with E-state index in [4.69, 9.17) is 20.1 Å². The van der Waals surface area contributed by atoms with Crippen LogP contribution in [0.4, 0.5) is 0 Å². The maximum absolute atomic E-state index is 5.44. The summed E-state index contributed by atoms with van der Waals surface area (Å²) in [6, 6.07) is 85.1. The average Bonchev–Trinajstić information content (AvgIpc) is 3.99. The third-order valence-electron chi connectivity index (χ3n) is 13.0. The van der Waals surface area contributed by atoms with Crippen molar-refractivity contribution in [3.05, 3.63) is 243 Å². The first-order valence-electron chi connectivity index (χ1n) is 22.9. The molecule has 13 rings (SSSR count). The maximum Gasteiger partial charge on any atom is 0.164 e. The molecule has 0 bridgehead atoms. The highest BCUT2D eigenvalue weighted by Gasteiger charge is 2.23. The first-order chi connectivity index (χ1) is 33.7. The Bertz CT molecular complexity index is 3940. The van der Waals surface area contributed by atoms with Crippen LogP contribution in [0.1, 0.15) is 0 Å². The number of para-hydroxylation sites is 2. The Kier molecular flexibility index (Phi) is 9.39. The zero-order valence-electron chi connectivity index (χ0n) is 36.8. The lowest BCUT2D eigenvalue weighted by molar-refractivity contribution is 0.979. The van der Waals surface area contributed by atoms with Gasteiger partial charge in [-0.25, -0.2) is 19.5 Å². The van der Waals surface area contributed by atoms with E-state index in [2.05, 4.69) is 234 Å². The second kappa shape index (κ2) is 16.3. The quantitative estimate of drug-likeness (QED) is 0.153. The molecule has 6 heteroatoms.